The molecule has 0 saturated heterocycles. The number of halogens is 3. The van der Waals surface area contributed by atoms with Crippen molar-refractivity contribution in [1.82, 2.24) is 10.2 Å². The van der Waals surface area contributed by atoms with Crippen molar-refractivity contribution < 1.29 is 18.0 Å². The van der Waals surface area contributed by atoms with Crippen LogP contribution in [0.25, 0.3) is 0 Å². The number of amides is 2. The van der Waals surface area contributed by atoms with Crippen LogP contribution in [0.1, 0.15) is 18.1 Å². The molecule has 0 spiro atoms. The number of nitrogens with zero attached hydrogens (tertiary/aromatic N) is 2. The third-order valence-electron chi connectivity index (χ3n) is 6.72. The molecule has 11 heteroatoms. The molecular weight excluding hydrogens is 629 g/mol. The molecule has 7 nitrogen and oxygen atoms in total. The largest absolute Gasteiger partial charge is 0.355 e. The second kappa shape index (κ2) is 14.8. The molecule has 1 N–H and O–H groups in total. The summed E-state index contributed by atoms with van der Waals surface area (Å²) < 4.78 is 28.9. The second-order valence-electron chi connectivity index (χ2n) is 9.64. The van der Waals surface area contributed by atoms with Gasteiger partial charge in [0.2, 0.25) is 11.8 Å². The highest BCUT2D eigenvalue weighted by Crippen LogP contribution is 2.31. The lowest BCUT2D eigenvalue weighted by molar-refractivity contribution is -0.140. The number of carbonyl (C=O) groups excluding carboxylic acids is 2. The molecule has 224 valence electrons. The van der Waals surface area contributed by atoms with Gasteiger partial charge in [-0.25, -0.2) is 8.42 Å². The van der Waals surface area contributed by atoms with E-state index in [-0.39, 0.29) is 39.5 Å². The van der Waals surface area contributed by atoms with Crippen LogP contribution in [0.2, 0.25) is 15.1 Å². The van der Waals surface area contributed by atoms with Crippen LogP contribution in [0.4, 0.5) is 5.69 Å². The average Bonchev–Trinajstić information content (AvgIpc) is 3.01. The molecule has 4 aromatic carbocycles. The van der Waals surface area contributed by atoms with Crippen molar-refractivity contribution in [2.45, 2.75) is 30.8 Å². The Bertz CT molecular complexity index is 1670. The lowest BCUT2D eigenvalue weighted by Crippen LogP contribution is -2.53. The molecule has 4 rings (SSSR count). The molecule has 0 heterocycles. The third kappa shape index (κ3) is 8.09. The van der Waals surface area contributed by atoms with Crippen LogP contribution in [-0.4, -0.2) is 44.3 Å². The zero-order valence-electron chi connectivity index (χ0n) is 23.3. The number of nitrogens with one attached hydrogen (secondary N) is 1. The van der Waals surface area contributed by atoms with E-state index in [1.165, 1.54) is 35.2 Å². The summed E-state index contributed by atoms with van der Waals surface area (Å²) in [6.45, 7) is 1.48. The smallest absolute Gasteiger partial charge is 0.264 e. The molecule has 0 bridgehead atoms. The van der Waals surface area contributed by atoms with Crippen LogP contribution >= 0.6 is 34.8 Å². The fraction of sp³-hybridized carbons (Fsp3) is 0.188. The summed E-state index contributed by atoms with van der Waals surface area (Å²) in [6.07, 6.45) is 0.196. The van der Waals surface area contributed by atoms with Gasteiger partial charge in [-0.2, -0.15) is 0 Å². The summed E-state index contributed by atoms with van der Waals surface area (Å²) in [4.78, 5) is 29.2. The lowest BCUT2D eigenvalue weighted by Gasteiger charge is -2.34. The summed E-state index contributed by atoms with van der Waals surface area (Å²) >= 11 is 18.9. The van der Waals surface area contributed by atoms with Crippen molar-refractivity contribution >= 4 is 62.3 Å². The van der Waals surface area contributed by atoms with E-state index in [9.17, 15) is 18.0 Å². The number of sulfonamides is 1. The number of hydrogen-bond acceptors (Lipinski definition) is 4. The molecule has 0 aliphatic rings. The van der Waals surface area contributed by atoms with E-state index in [1.54, 1.807) is 49.4 Å². The summed E-state index contributed by atoms with van der Waals surface area (Å²) in [7, 11) is -4.25. The van der Waals surface area contributed by atoms with Gasteiger partial charge in [0.25, 0.3) is 10.0 Å². The Balaban J connectivity index is 1.81. The first-order valence-electron chi connectivity index (χ1n) is 13.5. The van der Waals surface area contributed by atoms with Crippen LogP contribution < -0.4 is 9.62 Å². The summed E-state index contributed by atoms with van der Waals surface area (Å²) in [6, 6.07) is 27.4. The minimum atomic E-state index is -4.25. The molecule has 0 radical (unpaired) electrons. The molecular formula is C32H30Cl3N3O4S. The monoisotopic (exact) mass is 657 g/mol. The molecule has 0 unspecified atom stereocenters. The zero-order chi connectivity index (χ0) is 31.0. The number of hydrogen-bond donors (Lipinski definition) is 1. The quantitative estimate of drug-likeness (QED) is 0.185. The number of carbonyl (C=O) groups is 2. The van der Waals surface area contributed by atoms with E-state index in [1.807, 2.05) is 30.3 Å². The molecule has 43 heavy (non-hydrogen) atoms. The molecule has 0 saturated carbocycles. The third-order valence-corrected chi connectivity index (χ3v) is 9.62. The molecule has 0 aromatic heterocycles. The first kappa shape index (κ1) is 32.4. The van der Waals surface area contributed by atoms with Gasteiger partial charge in [-0.3, -0.25) is 13.9 Å². The standard InChI is InChI=1S/C32H30Cl3N3O4S/c1-2-36-32(40)30(19-23-11-5-3-6-12-23)37(21-24-13-9-10-16-27(24)33)31(39)22-38(25-17-18-28(34)29(35)20-25)43(41,42)26-14-7-4-8-15-26/h3-18,20,30H,2,19,21-22H2,1H3,(H,36,40)/t30-/m0/s1. The van der Waals surface area contributed by atoms with E-state index >= 15 is 0 Å². The van der Waals surface area contributed by atoms with Crippen LogP contribution in [0.3, 0.4) is 0 Å². The predicted molar refractivity (Wildman–Crippen MR) is 172 cm³/mol. The highest BCUT2D eigenvalue weighted by atomic mass is 35.5. The van der Waals surface area contributed by atoms with Crippen LogP contribution in [0.15, 0.2) is 108 Å². The second-order valence-corrected chi connectivity index (χ2v) is 12.7. The topological polar surface area (TPSA) is 86.8 Å². The average molecular weight is 659 g/mol. The first-order chi connectivity index (χ1) is 20.6. The van der Waals surface area contributed by atoms with Crippen molar-refractivity contribution in [3.63, 3.8) is 0 Å². The van der Waals surface area contributed by atoms with Gasteiger partial charge >= 0.3 is 0 Å². The normalized spacial score (nSPS) is 11.9. The van der Waals surface area contributed by atoms with Crippen molar-refractivity contribution in [3.05, 3.63) is 129 Å². The highest BCUT2D eigenvalue weighted by molar-refractivity contribution is 7.92. The predicted octanol–water partition coefficient (Wildman–Crippen LogP) is 6.62. The van der Waals surface area contributed by atoms with E-state index in [0.29, 0.717) is 17.1 Å². The zero-order valence-corrected chi connectivity index (χ0v) is 26.4. The van der Waals surface area contributed by atoms with Gasteiger partial charge in [0.1, 0.15) is 12.6 Å². The van der Waals surface area contributed by atoms with Gasteiger partial charge in [-0.15, -0.1) is 0 Å². The molecule has 0 aliphatic carbocycles. The summed E-state index contributed by atoms with van der Waals surface area (Å²) in [5.74, 6) is -0.989. The maximum absolute atomic E-state index is 14.4. The van der Waals surface area contributed by atoms with E-state index in [4.69, 9.17) is 34.8 Å². The van der Waals surface area contributed by atoms with Gasteiger partial charge < -0.3 is 10.2 Å². The number of anilines is 1. The van der Waals surface area contributed by atoms with Crippen LogP contribution in [-0.2, 0) is 32.6 Å². The maximum Gasteiger partial charge on any atom is 0.264 e. The molecule has 0 fully saturated rings. The van der Waals surface area contributed by atoms with E-state index < -0.39 is 28.5 Å². The Labute approximate surface area is 267 Å². The summed E-state index contributed by atoms with van der Waals surface area (Å²) in [5, 5.41) is 3.59. The van der Waals surface area contributed by atoms with Gasteiger partial charge in [0.05, 0.1) is 20.6 Å². The van der Waals surface area contributed by atoms with Gasteiger partial charge in [0, 0.05) is 24.5 Å². The van der Waals surface area contributed by atoms with Crippen molar-refractivity contribution in [2.24, 2.45) is 0 Å². The van der Waals surface area contributed by atoms with Crippen molar-refractivity contribution in [2.75, 3.05) is 17.4 Å². The molecule has 2 amide bonds. The Morgan fingerprint density at radius 2 is 1.42 bits per heavy atom. The maximum atomic E-state index is 14.4. The minimum absolute atomic E-state index is 0.0175. The Morgan fingerprint density at radius 3 is 2.05 bits per heavy atom. The fourth-order valence-electron chi connectivity index (χ4n) is 4.54. The van der Waals surface area contributed by atoms with Crippen molar-refractivity contribution in [3.8, 4) is 0 Å². The Kier molecular flexibility index (Phi) is 11.1. The van der Waals surface area contributed by atoms with E-state index in [0.717, 1.165) is 9.87 Å². The van der Waals surface area contributed by atoms with Crippen LogP contribution in [0, 0.1) is 0 Å². The molecule has 4 aromatic rings. The number of benzene rings is 4. The van der Waals surface area contributed by atoms with E-state index in [2.05, 4.69) is 5.32 Å². The Morgan fingerprint density at radius 1 is 0.791 bits per heavy atom. The number of likely N-dealkylation sites (N-methyl/N-ethyl adjacent to an activating group) is 1. The van der Waals surface area contributed by atoms with Gasteiger partial charge in [-0.1, -0.05) is 102 Å². The summed E-state index contributed by atoms with van der Waals surface area (Å²) in [5.41, 5.74) is 1.57. The minimum Gasteiger partial charge on any atom is -0.355 e. The van der Waals surface area contributed by atoms with Gasteiger partial charge in [0.15, 0.2) is 0 Å². The molecule has 0 aliphatic heterocycles. The fourth-order valence-corrected chi connectivity index (χ4v) is 6.46. The van der Waals surface area contributed by atoms with Crippen LogP contribution in [0.5, 0.6) is 0 Å². The lowest BCUT2D eigenvalue weighted by atomic mass is 10.0. The molecule has 1 atom stereocenters. The van der Waals surface area contributed by atoms with Gasteiger partial charge in [-0.05, 0) is 54.4 Å². The van der Waals surface area contributed by atoms with Crippen molar-refractivity contribution in [1.29, 1.82) is 0 Å². The highest BCUT2D eigenvalue weighted by Gasteiger charge is 2.35. The number of rotatable bonds is 12. The first-order valence-corrected chi connectivity index (χ1v) is 16.1. The SMILES string of the molecule is CCNC(=O)[C@H](Cc1ccccc1)N(Cc1ccccc1Cl)C(=O)CN(c1ccc(Cl)c(Cl)c1)S(=O)(=O)c1ccccc1. The Hall–Kier alpha value is -3.56.